The van der Waals surface area contributed by atoms with Crippen LogP contribution in [0.3, 0.4) is 0 Å². The summed E-state index contributed by atoms with van der Waals surface area (Å²) in [5.74, 6) is 0.0681. The van der Waals surface area contributed by atoms with E-state index >= 15 is 0 Å². The molecule has 0 bridgehead atoms. The van der Waals surface area contributed by atoms with E-state index in [-0.39, 0.29) is 11.3 Å². The molecular formula is C19H25N3O. The highest BCUT2D eigenvalue weighted by Gasteiger charge is 2.30. The topological polar surface area (TPSA) is 38.1 Å². The van der Waals surface area contributed by atoms with Crippen molar-refractivity contribution in [2.75, 3.05) is 6.54 Å². The summed E-state index contributed by atoms with van der Waals surface area (Å²) in [7, 11) is 0. The second-order valence-corrected chi connectivity index (χ2v) is 7.32. The molecule has 0 unspecified atom stereocenters. The summed E-state index contributed by atoms with van der Waals surface area (Å²) in [6, 6.07) is 8.42. The molecule has 1 aromatic carbocycles. The van der Waals surface area contributed by atoms with Gasteiger partial charge in [0.15, 0.2) is 5.69 Å². The van der Waals surface area contributed by atoms with Crippen LogP contribution in [0.15, 0.2) is 30.5 Å². The molecule has 0 fully saturated rings. The molecule has 0 saturated heterocycles. The van der Waals surface area contributed by atoms with Gasteiger partial charge in [-0.2, -0.15) is 5.10 Å². The number of unbranched alkanes of at least 4 members (excludes halogenated alkanes) is 1. The minimum Gasteiger partial charge on any atom is -0.333 e. The van der Waals surface area contributed by atoms with Crippen molar-refractivity contribution >= 4 is 5.91 Å². The van der Waals surface area contributed by atoms with Gasteiger partial charge in [0.05, 0.1) is 5.69 Å². The van der Waals surface area contributed by atoms with Gasteiger partial charge < -0.3 is 4.90 Å². The molecule has 4 nitrogen and oxygen atoms in total. The molecule has 2 heterocycles. The summed E-state index contributed by atoms with van der Waals surface area (Å²) in [6.45, 7) is 10.3. The quantitative estimate of drug-likeness (QED) is 0.858. The molecule has 2 aromatic rings. The number of nitrogens with zero attached hydrogens (tertiary/aromatic N) is 3. The van der Waals surface area contributed by atoms with Crippen LogP contribution < -0.4 is 0 Å². The second kappa shape index (κ2) is 5.84. The number of aromatic nitrogens is 2. The standard InChI is InChI=1S/C19H25N3O/c1-5-6-11-21-12-14-13-22(20-17(14)18(21)23)16-9-7-15(8-10-16)19(2,3)4/h7-10,13H,5-6,11-12H2,1-4H3. The van der Waals surface area contributed by atoms with Gasteiger partial charge in [-0.3, -0.25) is 4.79 Å². The molecule has 0 atom stereocenters. The fourth-order valence-electron chi connectivity index (χ4n) is 2.91. The maximum Gasteiger partial charge on any atom is 0.275 e. The van der Waals surface area contributed by atoms with Crippen LogP contribution in [0.4, 0.5) is 0 Å². The summed E-state index contributed by atoms with van der Waals surface area (Å²) in [4.78, 5) is 14.3. The van der Waals surface area contributed by atoms with Crippen LogP contribution >= 0.6 is 0 Å². The number of benzene rings is 1. The summed E-state index contributed by atoms with van der Waals surface area (Å²) >= 11 is 0. The number of hydrogen-bond donors (Lipinski definition) is 0. The lowest BCUT2D eigenvalue weighted by molar-refractivity contribution is 0.0769. The van der Waals surface area contributed by atoms with Crippen LogP contribution in [-0.2, 0) is 12.0 Å². The van der Waals surface area contributed by atoms with E-state index in [2.05, 4.69) is 57.1 Å². The van der Waals surface area contributed by atoms with E-state index < -0.39 is 0 Å². The molecule has 4 heteroatoms. The van der Waals surface area contributed by atoms with E-state index in [1.54, 1.807) is 0 Å². The molecule has 0 radical (unpaired) electrons. The zero-order valence-electron chi connectivity index (χ0n) is 14.5. The number of carbonyl (C=O) groups excluding carboxylic acids is 1. The molecule has 0 spiro atoms. The molecule has 3 rings (SSSR count). The van der Waals surface area contributed by atoms with Crippen molar-refractivity contribution in [1.29, 1.82) is 0 Å². The molecule has 23 heavy (non-hydrogen) atoms. The highest BCUT2D eigenvalue weighted by atomic mass is 16.2. The molecule has 122 valence electrons. The molecule has 1 aliphatic heterocycles. The number of carbonyl (C=O) groups is 1. The number of hydrogen-bond acceptors (Lipinski definition) is 2. The molecule has 0 saturated carbocycles. The number of rotatable bonds is 4. The number of amides is 1. The van der Waals surface area contributed by atoms with Gasteiger partial charge in [0.25, 0.3) is 5.91 Å². The minimum atomic E-state index is 0.0681. The Hall–Kier alpha value is -2.10. The SMILES string of the molecule is CCCCN1Cc2cn(-c3ccc(C(C)(C)C)cc3)nc2C1=O. The summed E-state index contributed by atoms with van der Waals surface area (Å²) in [5, 5.41) is 4.52. The first kappa shape index (κ1) is 15.8. The first-order valence-electron chi connectivity index (χ1n) is 8.39. The lowest BCUT2D eigenvalue weighted by atomic mass is 9.87. The van der Waals surface area contributed by atoms with Gasteiger partial charge in [0.2, 0.25) is 0 Å². The zero-order valence-corrected chi connectivity index (χ0v) is 14.5. The van der Waals surface area contributed by atoms with E-state index in [0.29, 0.717) is 12.2 Å². The van der Waals surface area contributed by atoms with Crippen LogP contribution in [-0.4, -0.2) is 27.1 Å². The maximum absolute atomic E-state index is 12.4. The molecular weight excluding hydrogens is 286 g/mol. The average Bonchev–Trinajstić information content (AvgIpc) is 3.04. The van der Waals surface area contributed by atoms with Gasteiger partial charge in [-0.05, 0) is 29.5 Å². The Labute approximate surface area is 138 Å². The predicted molar refractivity (Wildman–Crippen MR) is 91.9 cm³/mol. The van der Waals surface area contributed by atoms with E-state index in [0.717, 1.165) is 30.6 Å². The normalized spacial score (nSPS) is 14.4. The van der Waals surface area contributed by atoms with Crippen molar-refractivity contribution in [3.63, 3.8) is 0 Å². The van der Waals surface area contributed by atoms with Crippen molar-refractivity contribution in [3.8, 4) is 5.69 Å². The first-order valence-corrected chi connectivity index (χ1v) is 8.39. The van der Waals surface area contributed by atoms with Gasteiger partial charge in [-0.15, -0.1) is 0 Å². The lowest BCUT2D eigenvalue weighted by Gasteiger charge is -2.19. The van der Waals surface area contributed by atoms with Crippen LogP contribution in [0.25, 0.3) is 5.69 Å². The fraction of sp³-hybridized carbons (Fsp3) is 0.474. The Morgan fingerprint density at radius 1 is 1.17 bits per heavy atom. The van der Waals surface area contributed by atoms with E-state index in [9.17, 15) is 4.79 Å². The molecule has 1 amide bonds. The third-order valence-electron chi connectivity index (χ3n) is 4.42. The smallest absolute Gasteiger partial charge is 0.275 e. The van der Waals surface area contributed by atoms with Crippen molar-refractivity contribution in [1.82, 2.24) is 14.7 Å². The van der Waals surface area contributed by atoms with E-state index in [4.69, 9.17) is 0 Å². The third kappa shape index (κ3) is 3.03. The maximum atomic E-state index is 12.4. The molecule has 0 aliphatic carbocycles. The van der Waals surface area contributed by atoms with Crippen LogP contribution in [0, 0.1) is 0 Å². The predicted octanol–water partition coefficient (Wildman–Crippen LogP) is 3.93. The summed E-state index contributed by atoms with van der Waals surface area (Å²) in [6.07, 6.45) is 4.14. The lowest BCUT2D eigenvalue weighted by Crippen LogP contribution is -2.26. The molecule has 1 aliphatic rings. The van der Waals surface area contributed by atoms with E-state index in [1.165, 1.54) is 5.56 Å². The average molecular weight is 311 g/mol. The highest BCUT2D eigenvalue weighted by Crippen LogP contribution is 2.25. The van der Waals surface area contributed by atoms with Crippen LogP contribution in [0.1, 0.15) is 62.2 Å². The van der Waals surface area contributed by atoms with Crippen molar-refractivity contribution in [2.45, 2.75) is 52.5 Å². The molecule has 1 aromatic heterocycles. The minimum absolute atomic E-state index is 0.0681. The fourth-order valence-corrected chi connectivity index (χ4v) is 2.91. The second-order valence-electron chi connectivity index (χ2n) is 7.32. The third-order valence-corrected chi connectivity index (χ3v) is 4.42. The highest BCUT2D eigenvalue weighted by molar-refractivity contribution is 5.96. The van der Waals surface area contributed by atoms with Gasteiger partial charge in [-0.25, -0.2) is 4.68 Å². The Morgan fingerprint density at radius 2 is 1.87 bits per heavy atom. The van der Waals surface area contributed by atoms with Crippen molar-refractivity contribution in [3.05, 3.63) is 47.3 Å². The van der Waals surface area contributed by atoms with Gasteiger partial charge in [-0.1, -0.05) is 46.2 Å². The summed E-state index contributed by atoms with van der Waals surface area (Å²) in [5.41, 5.74) is 4.08. The number of fused-ring (bicyclic) bond motifs is 1. The largest absolute Gasteiger partial charge is 0.333 e. The van der Waals surface area contributed by atoms with Crippen LogP contribution in [0.5, 0.6) is 0 Å². The van der Waals surface area contributed by atoms with E-state index in [1.807, 2.05) is 15.8 Å². The van der Waals surface area contributed by atoms with Gasteiger partial charge in [0, 0.05) is 24.8 Å². The Kier molecular flexibility index (Phi) is 4.00. The summed E-state index contributed by atoms with van der Waals surface area (Å²) < 4.78 is 1.83. The Balaban J connectivity index is 1.80. The van der Waals surface area contributed by atoms with Crippen molar-refractivity contribution < 1.29 is 4.79 Å². The van der Waals surface area contributed by atoms with Crippen molar-refractivity contribution in [2.24, 2.45) is 0 Å². The monoisotopic (exact) mass is 311 g/mol. The van der Waals surface area contributed by atoms with Gasteiger partial charge in [0.1, 0.15) is 0 Å². The Bertz CT molecular complexity index is 707. The molecule has 0 N–H and O–H groups in total. The Morgan fingerprint density at radius 3 is 2.43 bits per heavy atom. The van der Waals surface area contributed by atoms with Crippen LogP contribution in [0.2, 0.25) is 0 Å². The zero-order chi connectivity index (χ0) is 16.6. The van der Waals surface area contributed by atoms with Gasteiger partial charge >= 0.3 is 0 Å². The first-order chi connectivity index (χ1) is 10.9.